The molecule has 4 heterocycles. The average Bonchev–Trinajstić information content (AvgIpc) is 1.74. The Kier molecular flexibility index (Phi) is 28.3. The number of nitrogens with zero attached hydrogens (tertiary/aromatic N) is 2. The van der Waals surface area contributed by atoms with Gasteiger partial charge in [-0.3, -0.25) is 24.0 Å². The van der Waals surface area contributed by atoms with Crippen molar-refractivity contribution in [1.82, 2.24) is 20.6 Å². The molecule has 18 nitrogen and oxygen atoms in total. The first-order chi connectivity index (χ1) is 54.9. The molecule has 0 saturated carbocycles. The molecule has 12 aromatic carbocycles. The van der Waals surface area contributed by atoms with Crippen molar-refractivity contribution >= 4 is 130 Å². The Balaban J connectivity index is 0.000000134. The van der Waals surface area contributed by atoms with Crippen molar-refractivity contribution in [3.05, 3.63) is 304 Å². The number of carboxylic acids is 1. The number of ketones is 1. The van der Waals surface area contributed by atoms with Gasteiger partial charge in [0.15, 0.2) is 0 Å². The third-order valence-corrected chi connectivity index (χ3v) is 20.3. The second-order valence-corrected chi connectivity index (χ2v) is 28.0. The van der Waals surface area contributed by atoms with Gasteiger partial charge in [0.1, 0.15) is 11.7 Å². The summed E-state index contributed by atoms with van der Waals surface area (Å²) in [5.41, 5.74) is 12.2. The molecule has 113 heavy (non-hydrogen) atoms. The number of carbonyl (C=O) groups is 5. The average molecular weight is 1560 g/mol. The first-order valence-corrected chi connectivity index (χ1v) is 38.9. The SMILES string of the molecule is CCOC(=O)C(C(C)=O)c1cccc2ccccc12.CCOC(=O)CSc1onc(C)c1-c1cccc2ccccc12.CCOC(=O)Cc1cccc2ccccc12.Cc1[nH]oc(=O)c1-c1cccc2ccccc12.Cc1[nH]oc(=S)c1-c1cccc2ccccc12.Cc1noc(SCC(=O)O)c1-c1cccc2ccccc12. The molecule has 0 aliphatic carbocycles. The van der Waals surface area contributed by atoms with Gasteiger partial charge in [-0.2, -0.15) is 0 Å². The van der Waals surface area contributed by atoms with Crippen LogP contribution in [0.1, 0.15) is 67.5 Å². The Bertz CT molecular complexity index is 6010. The quantitative estimate of drug-likeness (QED) is 0.0237. The van der Waals surface area contributed by atoms with Gasteiger partial charge in [-0.25, -0.2) is 15.1 Å². The molecule has 0 aliphatic heterocycles. The number of aromatic amines is 2. The number of aliphatic carboxylic acids is 1. The molecular formula is C92H82N4O14S3. The van der Waals surface area contributed by atoms with Gasteiger partial charge in [0.05, 0.1) is 82.8 Å². The zero-order valence-electron chi connectivity index (χ0n) is 63.4. The molecule has 1 atom stereocenters. The van der Waals surface area contributed by atoms with Crippen LogP contribution in [-0.2, 0) is 44.6 Å². The highest BCUT2D eigenvalue weighted by molar-refractivity contribution is 8.00. The number of hydrogen-bond acceptors (Lipinski definition) is 18. The summed E-state index contributed by atoms with van der Waals surface area (Å²) in [5.74, 6) is -2.66. The molecule has 4 aromatic heterocycles. The zero-order chi connectivity index (χ0) is 79.9. The minimum Gasteiger partial charge on any atom is -0.481 e. The molecule has 0 spiro atoms. The number of esters is 3. The molecular weight excluding hydrogens is 1480 g/mol. The summed E-state index contributed by atoms with van der Waals surface area (Å²) in [6.07, 6.45) is 0.342. The van der Waals surface area contributed by atoms with Crippen molar-refractivity contribution in [1.29, 1.82) is 0 Å². The van der Waals surface area contributed by atoms with E-state index in [2.05, 4.69) is 69.2 Å². The molecule has 1 unspecified atom stereocenters. The molecule has 0 bridgehead atoms. The van der Waals surface area contributed by atoms with E-state index in [0.29, 0.717) is 45.7 Å². The highest BCUT2D eigenvalue weighted by atomic mass is 32.2. The standard InChI is InChI=1S/C18H17NO3S.C16H13NO3S.C16H16O3.C14H11NO2.C14H11NOS.C14H14O2/c1-3-21-16(20)11-23-18-17(12(2)19-22-18)15-10-6-8-13-7-4-5-9-14(13)15;1-10-15(16(20-17-10)21-9-14(18)19)13-8-4-6-11-5-2-3-7-12(11)13;1-3-19-16(18)15(11(2)17)14-10-6-8-12-7-4-5-9-13(12)14;1-9-13(14(16)17-15-9)12-8-4-6-10-5-2-3-7-11(10)12;1-9-13(14(17)16-15-9)12-8-4-6-10-5-2-3-7-11(10)12;1-2-16-14(15)10-12-8-5-7-11-6-3-4-9-13(11)12/h4-10H,3,11H2,1-2H3;2-8H,9H2,1H3,(H,18,19);4-10,15H,3H2,1-2H3;2*2-8,15H,1H3;3-9H,2,10H2,1H3. The van der Waals surface area contributed by atoms with Crippen LogP contribution < -0.4 is 5.63 Å². The van der Waals surface area contributed by atoms with Crippen LogP contribution in [0.5, 0.6) is 0 Å². The minimum absolute atomic E-state index is 0.0492. The van der Waals surface area contributed by atoms with E-state index in [1.807, 2.05) is 241 Å². The maximum Gasteiger partial charge on any atom is 0.365 e. The van der Waals surface area contributed by atoms with Crippen LogP contribution in [0.4, 0.5) is 0 Å². The van der Waals surface area contributed by atoms with Gasteiger partial charge in [-0.1, -0.05) is 289 Å². The highest BCUT2D eigenvalue weighted by Crippen LogP contribution is 2.41. The minimum atomic E-state index is -0.877. The second-order valence-electron chi connectivity index (χ2n) is 25.7. The third-order valence-electron chi connectivity index (χ3n) is 18.2. The molecule has 0 amide bonds. The van der Waals surface area contributed by atoms with E-state index in [9.17, 15) is 28.8 Å². The number of benzene rings is 12. The van der Waals surface area contributed by atoms with E-state index in [0.717, 1.165) is 133 Å². The highest BCUT2D eigenvalue weighted by Gasteiger charge is 2.29. The third kappa shape index (κ3) is 20.1. The summed E-state index contributed by atoms with van der Waals surface area (Å²) in [6.45, 7) is 15.4. The molecule has 0 radical (unpaired) electrons. The summed E-state index contributed by atoms with van der Waals surface area (Å²) < 4.78 is 36.2. The van der Waals surface area contributed by atoms with E-state index < -0.39 is 17.9 Å². The lowest BCUT2D eigenvalue weighted by Gasteiger charge is -2.15. The van der Waals surface area contributed by atoms with Crippen molar-refractivity contribution in [2.24, 2.45) is 0 Å². The summed E-state index contributed by atoms with van der Waals surface area (Å²) in [6, 6.07) is 84.2. The number of thioether (sulfide) groups is 2. The zero-order valence-corrected chi connectivity index (χ0v) is 65.9. The predicted octanol–water partition coefficient (Wildman–Crippen LogP) is 22.0. The maximum absolute atomic E-state index is 12.0. The van der Waals surface area contributed by atoms with Crippen molar-refractivity contribution in [3.63, 3.8) is 0 Å². The lowest BCUT2D eigenvalue weighted by Crippen LogP contribution is -2.22. The van der Waals surface area contributed by atoms with Gasteiger partial charge in [0.2, 0.25) is 14.9 Å². The number of H-pyrrole nitrogens is 2. The number of rotatable bonds is 18. The number of aromatic nitrogens is 4. The van der Waals surface area contributed by atoms with Crippen LogP contribution in [0.2, 0.25) is 0 Å². The van der Waals surface area contributed by atoms with Gasteiger partial charge in [0.25, 0.3) is 0 Å². The number of aryl methyl sites for hydroxylation is 4. The fourth-order valence-corrected chi connectivity index (χ4v) is 15.0. The van der Waals surface area contributed by atoms with Gasteiger partial charge < -0.3 is 37.4 Å². The van der Waals surface area contributed by atoms with Gasteiger partial charge in [-0.15, -0.1) is 0 Å². The molecule has 3 N–H and O–H groups in total. The Morgan fingerprint density at radius 2 is 0.779 bits per heavy atom. The fourth-order valence-electron chi connectivity index (χ4n) is 13.2. The normalized spacial score (nSPS) is 11.0. The number of Topliss-reactive ketones (excluding diaryl/α,β-unsaturated/α-hetero) is 1. The molecule has 21 heteroatoms. The van der Waals surface area contributed by atoms with Crippen LogP contribution in [0.15, 0.2) is 288 Å². The Morgan fingerprint density at radius 3 is 1.19 bits per heavy atom. The van der Waals surface area contributed by atoms with E-state index in [4.69, 9.17) is 49.6 Å². The number of nitrogens with one attached hydrogen (secondary N) is 2. The van der Waals surface area contributed by atoms with Crippen molar-refractivity contribution in [2.75, 3.05) is 31.3 Å². The maximum atomic E-state index is 12.0. The van der Waals surface area contributed by atoms with Crippen molar-refractivity contribution in [3.8, 4) is 44.5 Å². The smallest absolute Gasteiger partial charge is 0.365 e. The van der Waals surface area contributed by atoms with E-state index in [-0.39, 0.29) is 41.5 Å². The summed E-state index contributed by atoms with van der Waals surface area (Å²) in [7, 11) is 0. The lowest BCUT2D eigenvalue weighted by molar-refractivity contribution is -0.147. The first-order valence-electron chi connectivity index (χ1n) is 36.5. The number of carbonyl (C=O) groups excluding carboxylic acids is 4. The van der Waals surface area contributed by atoms with Crippen LogP contribution in [0, 0.1) is 32.4 Å². The molecule has 16 aromatic rings. The molecule has 0 fully saturated rings. The second kappa shape index (κ2) is 39.3. The topological polar surface area (TPSA) is 260 Å². The van der Waals surface area contributed by atoms with Crippen LogP contribution >= 0.6 is 35.7 Å². The van der Waals surface area contributed by atoms with Crippen LogP contribution in [-0.4, -0.2) is 86.7 Å². The number of fused-ring (bicyclic) bond motifs is 6. The van der Waals surface area contributed by atoms with Gasteiger partial charge in [-0.05, 0) is 166 Å². The van der Waals surface area contributed by atoms with Crippen molar-refractivity contribution in [2.45, 2.75) is 77.9 Å². The Labute approximate surface area is 665 Å². The number of hydrogen-bond donors (Lipinski definition) is 3. The monoisotopic (exact) mass is 1560 g/mol. The van der Waals surface area contributed by atoms with Crippen LogP contribution in [0.25, 0.3) is 109 Å². The largest absolute Gasteiger partial charge is 0.481 e. The van der Waals surface area contributed by atoms with Crippen molar-refractivity contribution < 1.29 is 61.4 Å². The number of carboxylic acid groups (broad SMARTS) is 1. The van der Waals surface area contributed by atoms with E-state index in [1.54, 1.807) is 13.8 Å². The van der Waals surface area contributed by atoms with Gasteiger partial charge >= 0.3 is 29.5 Å². The molecule has 572 valence electrons. The van der Waals surface area contributed by atoms with Gasteiger partial charge in [0, 0.05) is 0 Å². The summed E-state index contributed by atoms with van der Waals surface area (Å²) in [4.78, 5) is 69.2. The predicted molar refractivity (Wildman–Crippen MR) is 451 cm³/mol. The lowest BCUT2D eigenvalue weighted by atomic mass is 9.91. The summed E-state index contributed by atoms with van der Waals surface area (Å²) >= 11 is 7.69. The molecule has 0 saturated heterocycles. The molecule has 0 aliphatic rings. The molecule has 16 rings (SSSR count). The summed E-state index contributed by atoms with van der Waals surface area (Å²) in [5, 5.41) is 36.8. The van der Waals surface area contributed by atoms with E-state index in [1.165, 1.54) is 29.5 Å². The van der Waals surface area contributed by atoms with Crippen LogP contribution in [0.3, 0.4) is 0 Å². The van der Waals surface area contributed by atoms with E-state index >= 15 is 0 Å². The fraction of sp³-hybridized carbons (Fsp3) is 0.163. The first kappa shape index (κ1) is 81.3. The number of ether oxygens (including phenoxy) is 3. The Hall–Kier alpha value is -12.7. The Morgan fingerprint density at radius 1 is 0.425 bits per heavy atom.